The molecule has 0 spiro atoms. The van der Waals surface area contributed by atoms with E-state index in [0.29, 0.717) is 41.7 Å². The van der Waals surface area contributed by atoms with Crippen LogP contribution in [0.3, 0.4) is 0 Å². The zero-order valence-corrected chi connectivity index (χ0v) is 21.6. The molecule has 0 saturated carbocycles. The number of ether oxygens (including phenoxy) is 1. The number of piperidine rings is 1. The first-order valence-electron chi connectivity index (χ1n) is 12.7. The number of fused-ring (bicyclic) bond motifs is 1. The zero-order valence-electron chi connectivity index (χ0n) is 21.6. The van der Waals surface area contributed by atoms with Gasteiger partial charge < -0.3 is 14.7 Å². The molecule has 0 bridgehead atoms. The lowest BCUT2D eigenvalue weighted by Gasteiger charge is -2.36. The van der Waals surface area contributed by atoms with Crippen LogP contribution in [0.15, 0.2) is 59.7 Å². The Kier molecular flexibility index (Phi) is 7.42. The predicted octanol–water partition coefficient (Wildman–Crippen LogP) is 3.53. The quantitative estimate of drug-likeness (QED) is 0.387. The highest BCUT2D eigenvalue weighted by molar-refractivity contribution is 5.84. The van der Waals surface area contributed by atoms with Crippen LogP contribution in [0, 0.1) is 0 Å². The molecule has 3 heterocycles. The molecule has 0 aliphatic carbocycles. The highest BCUT2D eigenvalue weighted by atomic mass is 19.3. The number of halogens is 2. The van der Waals surface area contributed by atoms with Crippen LogP contribution in [-0.4, -0.2) is 61.1 Å². The molecule has 1 aliphatic heterocycles. The first-order chi connectivity index (χ1) is 18.8. The number of para-hydroxylation sites is 1. The molecule has 1 aliphatic rings. The SMILES string of the molecule is C[C@@H]1CC(c2ncc(-c3ccc4c(=O)n(C)n(Cc5ccccc5OC(F)F)c4c3)cn2)CCN1C(=O)CO. The summed E-state index contributed by atoms with van der Waals surface area (Å²) < 4.78 is 33.7. The van der Waals surface area contributed by atoms with Crippen molar-refractivity contribution in [2.75, 3.05) is 13.2 Å². The molecule has 2 aromatic carbocycles. The largest absolute Gasteiger partial charge is 0.434 e. The Labute approximate surface area is 223 Å². The van der Waals surface area contributed by atoms with Crippen LogP contribution >= 0.6 is 0 Å². The van der Waals surface area contributed by atoms with E-state index in [1.54, 1.807) is 53.3 Å². The minimum absolute atomic E-state index is 0.0138. The second-order valence-corrected chi connectivity index (χ2v) is 9.75. The highest BCUT2D eigenvalue weighted by Gasteiger charge is 2.30. The molecule has 5 rings (SSSR count). The number of carbonyl (C=O) groups excluding carboxylic acids is 1. The Bertz CT molecular complexity index is 1550. The molecule has 1 saturated heterocycles. The third-order valence-corrected chi connectivity index (χ3v) is 7.37. The number of alkyl halides is 2. The van der Waals surface area contributed by atoms with Gasteiger partial charge in [-0.2, -0.15) is 8.78 Å². The fourth-order valence-corrected chi connectivity index (χ4v) is 5.32. The van der Waals surface area contributed by atoms with E-state index in [2.05, 4.69) is 14.7 Å². The zero-order chi connectivity index (χ0) is 27.7. The smallest absolute Gasteiger partial charge is 0.387 e. The normalized spacial score (nSPS) is 17.6. The lowest BCUT2D eigenvalue weighted by molar-refractivity contribution is -0.137. The standard InChI is InChI=1S/C28H29F2N5O4/c1-17-11-19(9-10-34(17)25(37)16-36)26-31-13-21(14-32-26)18-7-8-22-23(12-18)35(33(2)27(22)38)15-20-5-3-4-6-24(20)39-28(29)30/h3-8,12-14,17,19,28,36H,9-11,15-16H2,1-2H3/t17-,19?/m1/s1. The summed E-state index contributed by atoms with van der Waals surface area (Å²) in [5.74, 6) is 0.601. The average molecular weight is 538 g/mol. The van der Waals surface area contributed by atoms with Gasteiger partial charge in [0.05, 0.1) is 17.4 Å². The second kappa shape index (κ2) is 10.9. The molecule has 2 atom stereocenters. The summed E-state index contributed by atoms with van der Waals surface area (Å²) in [6, 6.07) is 12.0. The molecule has 9 nitrogen and oxygen atoms in total. The van der Waals surface area contributed by atoms with Crippen LogP contribution in [0.1, 0.15) is 37.1 Å². The van der Waals surface area contributed by atoms with E-state index in [9.17, 15) is 23.5 Å². The van der Waals surface area contributed by atoms with Gasteiger partial charge in [0.15, 0.2) is 0 Å². The third kappa shape index (κ3) is 5.26. The van der Waals surface area contributed by atoms with E-state index < -0.39 is 13.2 Å². The summed E-state index contributed by atoms with van der Waals surface area (Å²) in [7, 11) is 1.64. The van der Waals surface area contributed by atoms with Gasteiger partial charge in [-0.15, -0.1) is 0 Å². The molecule has 39 heavy (non-hydrogen) atoms. The molecular weight excluding hydrogens is 508 g/mol. The van der Waals surface area contributed by atoms with Crippen molar-refractivity contribution in [1.82, 2.24) is 24.2 Å². The molecule has 1 amide bonds. The van der Waals surface area contributed by atoms with Crippen molar-refractivity contribution in [2.45, 2.75) is 44.9 Å². The Balaban J connectivity index is 1.42. The van der Waals surface area contributed by atoms with E-state index in [1.165, 1.54) is 10.7 Å². The number of rotatable bonds is 7. The van der Waals surface area contributed by atoms with Gasteiger partial charge in [0.2, 0.25) is 5.91 Å². The number of aliphatic hydroxyl groups excluding tert-OH is 1. The van der Waals surface area contributed by atoms with Crippen molar-refractivity contribution in [3.63, 3.8) is 0 Å². The highest BCUT2D eigenvalue weighted by Crippen LogP contribution is 2.31. The molecule has 2 aromatic heterocycles. The maximum atomic E-state index is 12.9. The number of likely N-dealkylation sites (tertiary alicyclic amines) is 1. The number of hydrogen-bond donors (Lipinski definition) is 1. The maximum Gasteiger partial charge on any atom is 0.387 e. The van der Waals surface area contributed by atoms with Gasteiger partial charge in [0.1, 0.15) is 18.2 Å². The number of amides is 1. The molecule has 204 valence electrons. The molecule has 1 fully saturated rings. The van der Waals surface area contributed by atoms with E-state index in [4.69, 9.17) is 0 Å². The number of carbonyl (C=O) groups is 1. The van der Waals surface area contributed by atoms with E-state index in [-0.39, 0.29) is 35.7 Å². The van der Waals surface area contributed by atoms with Crippen molar-refractivity contribution in [3.8, 4) is 16.9 Å². The van der Waals surface area contributed by atoms with Crippen molar-refractivity contribution in [1.29, 1.82) is 0 Å². The topological polar surface area (TPSA) is 102 Å². The number of aromatic nitrogens is 4. The van der Waals surface area contributed by atoms with Crippen LogP contribution in [0.4, 0.5) is 8.78 Å². The van der Waals surface area contributed by atoms with Gasteiger partial charge in [-0.1, -0.05) is 24.3 Å². The molecular formula is C28H29F2N5O4. The van der Waals surface area contributed by atoms with Gasteiger partial charge in [0.25, 0.3) is 5.56 Å². The summed E-state index contributed by atoms with van der Waals surface area (Å²) in [6.07, 6.45) is 4.92. The third-order valence-electron chi connectivity index (χ3n) is 7.37. The van der Waals surface area contributed by atoms with E-state index >= 15 is 0 Å². The fourth-order valence-electron chi connectivity index (χ4n) is 5.32. The Morgan fingerprint density at radius 2 is 1.90 bits per heavy atom. The Hall–Kier alpha value is -4.12. The molecule has 4 aromatic rings. The minimum Gasteiger partial charge on any atom is -0.434 e. The fraction of sp³-hybridized carbons (Fsp3) is 0.357. The number of nitrogens with zero attached hydrogens (tertiary/aromatic N) is 5. The van der Waals surface area contributed by atoms with Gasteiger partial charge in [-0.3, -0.25) is 19.0 Å². The molecule has 11 heteroatoms. The van der Waals surface area contributed by atoms with Gasteiger partial charge in [-0.05, 0) is 43.5 Å². The van der Waals surface area contributed by atoms with E-state index in [0.717, 1.165) is 11.1 Å². The monoisotopic (exact) mass is 537 g/mol. The maximum absolute atomic E-state index is 12.9. The lowest BCUT2D eigenvalue weighted by atomic mass is 9.90. The lowest BCUT2D eigenvalue weighted by Crippen LogP contribution is -2.45. The predicted molar refractivity (Wildman–Crippen MR) is 141 cm³/mol. The van der Waals surface area contributed by atoms with Gasteiger partial charge in [0, 0.05) is 49.1 Å². The van der Waals surface area contributed by atoms with Crippen molar-refractivity contribution >= 4 is 16.8 Å². The van der Waals surface area contributed by atoms with Crippen molar-refractivity contribution in [2.24, 2.45) is 7.05 Å². The van der Waals surface area contributed by atoms with Crippen LogP contribution < -0.4 is 10.3 Å². The minimum atomic E-state index is -2.95. The number of benzene rings is 2. The molecule has 1 N–H and O–H groups in total. The first-order valence-corrected chi connectivity index (χ1v) is 12.7. The van der Waals surface area contributed by atoms with Crippen molar-refractivity contribution in [3.05, 3.63) is 76.6 Å². The summed E-state index contributed by atoms with van der Waals surface area (Å²) in [4.78, 5) is 35.7. The van der Waals surface area contributed by atoms with Crippen LogP contribution in [-0.2, 0) is 18.4 Å². The molecule has 0 radical (unpaired) electrons. The molecule has 1 unspecified atom stereocenters. The van der Waals surface area contributed by atoms with Crippen LogP contribution in [0.5, 0.6) is 5.75 Å². The average Bonchev–Trinajstić information content (AvgIpc) is 3.17. The van der Waals surface area contributed by atoms with Gasteiger partial charge >= 0.3 is 6.61 Å². The summed E-state index contributed by atoms with van der Waals surface area (Å²) in [5.41, 5.74) is 2.54. The van der Waals surface area contributed by atoms with Crippen molar-refractivity contribution < 1.29 is 23.4 Å². The van der Waals surface area contributed by atoms with Crippen LogP contribution in [0.25, 0.3) is 22.0 Å². The summed E-state index contributed by atoms with van der Waals surface area (Å²) in [5, 5.41) is 9.68. The second-order valence-electron chi connectivity index (χ2n) is 9.75. The number of hydrogen-bond acceptors (Lipinski definition) is 6. The summed E-state index contributed by atoms with van der Waals surface area (Å²) in [6.45, 7) is -0.780. The Morgan fingerprint density at radius 3 is 2.59 bits per heavy atom. The van der Waals surface area contributed by atoms with E-state index in [1.807, 2.05) is 19.1 Å². The summed E-state index contributed by atoms with van der Waals surface area (Å²) >= 11 is 0. The van der Waals surface area contributed by atoms with Crippen LogP contribution in [0.2, 0.25) is 0 Å². The van der Waals surface area contributed by atoms with Gasteiger partial charge in [-0.25, -0.2) is 9.97 Å². The number of aliphatic hydroxyl groups is 1. The Morgan fingerprint density at radius 1 is 1.15 bits per heavy atom. The first kappa shape index (κ1) is 26.5.